The summed E-state index contributed by atoms with van der Waals surface area (Å²) < 4.78 is 5.73. The molecule has 2 heteroatoms. The van der Waals surface area contributed by atoms with Crippen LogP contribution in [0.5, 0.6) is 0 Å². The van der Waals surface area contributed by atoms with Crippen molar-refractivity contribution in [2.24, 2.45) is 0 Å². The van der Waals surface area contributed by atoms with Crippen LogP contribution in [-0.4, -0.2) is 6.61 Å². The molecule has 0 aliphatic carbocycles. The number of fused-ring (bicyclic) bond motifs is 1. The zero-order chi connectivity index (χ0) is 14.8. The summed E-state index contributed by atoms with van der Waals surface area (Å²) in [6, 6.07) is 15.8. The van der Waals surface area contributed by atoms with Gasteiger partial charge in [-0.2, -0.15) is 0 Å². The fourth-order valence-corrected chi connectivity index (χ4v) is 3.22. The summed E-state index contributed by atoms with van der Waals surface area (Å²) in [5.74, 6) is 0. The summed E-state index contributed by atoms with van der Waals surface area (Å²) in [5.41, 5.74) is 6.70. The molecule has 2 aromatic rings. The first-order valence-electron chi connectivity index (χ1n) is 7.64. The third-order valence-electron chi connectivity index (χ3n) is 4.32. The van der Waals surface area contributed by atoms with E-state index < -0.39 is 0 Å². The molecule has 1 N–H and O–H groups in total. The molecule has 2 nitrogen and oxygen atoms in total. The second-order valence-corrected chi connectivity index (χ2v) is 6.01. The predicted molar refractivity (Wildman–Crippen MR) is 86.3 cm³/mol. The van der Waals surface area contributed by atoms with Crippen LogP contribution >= 0.6 is 0 Å². The minimum absolute atomic E-state index is 0.269. The smallest absolute Gasteiger partial charge is 0.0721 e. The van der Waals surface area contributed by atoms with E-state index in [2.05, 4.69) is 68.6 Å². The molecule has 1 heterocycles. The Labute approximate surface area is 127 Å². The summed E-state index contributed by atoms with van der Waals surface area (Å²) in [5, 5.41) is 3.73. The van der Waals surface area contributed by atoms with Gasteiger partial charge in [0, 0.05) is 6.04 Å². The van der Waals surface area contributed by atoms with Crippen LogP contribution in [0, 0.1) is 13.8 Å². The molecule has 1 aliphatic heterocycles. The molecule has 0 amide bonds. The predicted octanol–water partition coefficient (Wildman–Crippen LogP) is 4.23. The molecule has 0 fully saturated rings. The highest BCUT2D eigenvalue weighted by Crippen LogP contribution is 2.28. The van der Waals surface area contributed by atoms with Crippen molar-refractivity contribution in [3.05, 3.63) is 70.3 Å². The van der Waals surface area contributed by atoms with Crippen molar-refractivity contribution >= 4 is 0 Å². The first-order valence-corrected chi connectivity index (χ1v) is 7.64. The fourth-order valence-electron chi connectivity index (χ4n) is 3.22. The van der Waals surface area contributed by atoms with Crippen molar-refractivity contribution in [1.82, 2.24) is 5.32 Å². The van der Waals surface area contributed by atoms with Gasteiger partial charge in [-0.3, -0.25) is 0 Å². The van der Waals surface area contributed by atoms with E-state index in [4.69, 9.17) is 4.74 Å². The Hall–Kier alpha value is -1.64. The second kappa shape index (κ2) is 6.00. The first kappa shape index (κ1) is 14.3. The van der Waals surface area contributed by atoms with Gasteiger partial charge < -0.3 is 10.1 Å². The molecule has 0 spiro atoms. The van der Waals surface area contributed by atoms with Gasteiger partial charge >= 0.3 is 0 Å². The van der Waals surface area contributed by atoms with Crippen LogP contribution in [0.15, 0.2) is 42.5 Å². The van der Waals surface area contributed by atoms with Gasteiger partial charge in [0.15, 0.2) is 0 Å². The van der Waals surface area contributed by atoms with E-state index in [0.717, 1.165) is 13.2 Å². The maximum absolute atomic E-state index is 5.73. The lowest BCUT2D eigenvalue weighted by molar-refractivity contribution is 0.0790. The van der Waals surface area contributed by atoms with Crippen molar-refractivity contribution in [1.29, 1.82) is 0 Å². The number of ether oxygens (including phenoxy) is 1. The molecule has 0 aromatic heterocycles. The fraction of sp³-hybridized carbons (Fsp3) is 0.368. The molecule has 110 valence electrons. The lowest BCUT2D eigenvalue weighted by Gasteiger charge is -2.30. The number of hydrogen-bond acceptors (Lipinski definition) is 2. The van der Waals surface area contributed by atoms with Gasteiger partial charge in [-0.1, -0.05) is 48.0 Å². The summed E-state index contributed by atoms with van der Waals surface area (Å²) in [4.78, 5) is 0. The zero-order valence-corrected chi connectivity index (χ0v) is 13.0. The minimum atomic E-state index is 0.269. The third kappa shape index (κ3) is 3.02. The average Bonchev–Trinajstić information content (AvgIpc) is 2.47. The lowest BCUT2D eigenvalue weighted by Crippen LogP contribution is -2.31. The molecule has 0 saturated heterocycles. The summed E-state index contributed by atoms with van der Waals surface area (Å²) in [6.45, 7) is 8.03. The number of aryl methyl sites for hydroxylation is 2. The molecule has 2 atom stereocenters. The van der Waals surface area contributed by atoms with Gasteiger partial charge in [-0.15, -0.1) is 0 Å². The Balaban J connectivity index is 1.81. The molecule has 1 aliphatic rings. The highest BCUT2D eigenvalue weighted by molar-refractivity contribution is 5.34. The first-order chi connectivity index (χ1) is 10.1. The largest absolute Gasteiger partial charge is 0.375 e. The van der Waals surface area contributed by atoms with Crippen molar-refractivity contribution in [3.63, 3.8) is 0 Å². The van der Waals surface area contributed by atoms with Crippen LogP contribution in [0.2, 0.25) is 0 Å². The summed E-state index contributed by atoms with van der Waals surface area (Å²) in [6.07, 6.45) is 0. The highest BCUT2D eigenvalue weighted by Gasteiger charge is 2.22. The van der Waals surface area contributed by atoms with E-state index in [0.29, 0.717) is 6.04 Å². The molecule has 0 radical (unpaired) electrons. The molecule has 0 bridgehead atoms. The van der Waals surface area contributed by atoms with Crippen molar-refractivity contribution in [2.45, 2.75) is 39.5 Å². The third-order valence-corrected chi connectivity index (χ3v) is 4.32. The van der Waals surface area contributed by atoms with E-state index in [1.807, 2.05) is 0 Å². The zero-order valence-electron chi connectivity index (χ0n) is 13.0. The number of hydrogen-bond donors (Lipinski definition) is 1. The molecule has 2 aromatic carbocycles. The number of rotatable bonds is 3. The van der Waals surface area contributed by atoms with Crippen LogP contribution < -0.4 is 5.32 Å². The minimum Gasteiger partial charge on any atom is -0.375 e. The SMILES string of the molecule is Cc1ccc(C(C)NC2COCc3ccccc32)c(C)c1. The Morgan fingerprint density at radius 1 is 1.14 bits per heavy atom. The van der Waals surface area contributed by atoms with E-state index in [1.54, 1.807) is 0 Å². The quantitative estimate of drug-likeness (QED) is 0.909. The molecule has 0 saturated carbocycles. The van der Waals surface area contributed by atoms with Gasteiger partial charge in [0.25, 0.3) is 0 Å². The number of benzene rings is 2. The van der Waals surface area contributed by atoms with Gasteiger partial charge in [-0.05, 0) is 43.0 Å². The molecular formula is C19H23NO. The normalized spacial score (nSPS) is 19.1. The molecular weight excluding hydrogens is 258 g/mol. The Morgan fingerprint density at radius 3 is 2.76 bits per heavy atom. The summed E-state index contributed by atoms with van der Waals surface area (Å²) in [7, 11) is 0. The summed E-state index contributed by atoms with van der Waals surface area (Å²) >= 11 is 0. The van der Waals surface area contributed by atoms with Crippen LogP contribution in [0.1, 0.15) is 46.8 Å². The average molecular weight is 281 g/mol. The van der Waals surface area contributed by atoms with Gasteiger partial charge in [-0.25, -0.2) is 0 Å². The van der Waals surface area contributed by atoms with Crippen molar-refractivity contribution in [2.75, 3.05) is 6.61 Å². The van der Waals surface area contributed by atoms with Crippen LogP contribution in [-0.2, 0) is 11.3 Å². The second-order valence-electron chi connectivity index (χ2n) is 6.01. The van der Waals surface area contributed by atoms with Gasteiger partial charge in [0.1, 0.15) is 0 Å². The van der Waals surface area contributed by atoms with Gasteiger partial charge in [0.2, 0.25) is 0 Å². The Morgan fingerprint density at radius 2 is 1.95 bits per heavy atom. The Kier molecular flexibility index (Phi) is 4.09. The van der Waals surface area contributed by atoms with Crippen LogP contribution in [0.3, 0.4) is 0 Å². The van der Waals surface area contributed by atoms with E-state index in [-0.39, 0.29) is 6.04 Å². The lowest BCUT2D eigenvalue weighted by atomic mass is 9.96. The molecule has 2 unspecified atom stereocenters. The topological polar surface area (TPSA) is 21.3 Å². The maximum Gasteiger partial charge on any atom is 0.0721 e. The Bertz CT molecular complexity index is 635. The highest BCUT2D eigenvalue weighted by atomic mass is 16.5. The van der Waals surface area contributed by atoms with E-state index in [9.17, 15) is 0 Å². The number of nitrogens with one attached hydrogen (secondary N) is 1. The standard InChI is InChI=1S/C19H23NO/c1-13-8-9-17(14(2)10-13)15(3)20-19-12-21-11-16-6-4-5-7-18(16)19/h4-10,15,19-20H,11-12H2,1-3H3. The monoisotopic (exact) mass is 281 g/mol. The van der Waals surface area contributed by atoms with Crippen molar-refractivity contribution in [3.8, 4) is 0 Å². The maximum atomic E-state index is 5.73. The van der Waals surface area contributed by atoms with Crippen LogP contribution in [0.4, 0.5) is 0 Å². The van der Waals surface area contributed by atoms with E-state index >= 15 is 0 Å². The molecule has 3 rings (SSSR count). The van der Waals surface area contributed by atoms with Crippen molar-refractivity contribution < 1.29 is 4.74 Å². The van der Waals surface area contributed by atoms with E-state index in [1.165, 1.54) is 27.8 Å². The van der Waals surface area contributed by atoms with Gasteiger partial charge in [0.05, 0.1) is 19.3 Å². The van der Waals surface area contributed by atoms with Crippen LogP contribution in [0.25, 0.3) is 0 Å². The molecule has 21 heavy (non-hydrogen) atoms.